The summed E-state index contributed by atoms with van der Waals surface area (Å²) in [5.41, 5.74) is 1.21. The van der Waals surface area contributed by atoms with Crippen molar-refractivity contribution >= 4 is 0 Å². The molecule has 1 aromatic rings. The van der Waals surface area contributed by atoms with Crippen molar-refractivity contribution in [1.29, 1.82) is 0 Å². The average molecular weight is 250 g/mol. The van der Waals surface area contributed by atoms with Crippen molar-refractivity contribution < 1.29 is 4.39 Å². The second-order valence-corrected chi connectivity index (χ2v) is 5.64. The Hall–Kier alpha value is -0.930. The van der Waals surface area contributed by atoms with Crippen LogP contribution in [-0.4, -0.2) is 43.5 Å². The summed E-state index contributed by atoms with van der Waals surface area (Å²) in [5, 5.41) is 0. The minimum atomic E-state index is -0.155. The number of nitrogens with zero attached hydrogens (tertiary/aromatic N) is 2. The Morgan fingerprint density at radius 2 is 2.00 bits per heavy atom. The van der Waals surface area contributed by atoms with E-state index in [0.29, 0.717) is 6.04 Å². The number of benzene rings is 1. The summed E-state index contributed by atoms with van der Waals surface area (Å²) in [6.07, 6.45) is 1.27. The predicted molar refractivity (Wildman–Crippen MR) is 73.0 cm³/mol. The highest BCUT2D eigenvalue weighted by molar-refractivity contribution is 5.19. The fourth-order valence-electron chi connectivity index (χ4n) is 2.83. The Balaban J connectivity index is 1.94. The van der Waals surface area contributed by atoms with E-state index in [1.807, 2.05) is 12.1 Å². The Morgan fingerprint density at radius 3 is 2.61 bits per heavy atom. The van der Waals surface area contributed by atoms with Crippen LogP contribution >= 0.6 is 0 Å². The SMILES string of the molecule is C[C@H](c1ccc(F)cc1)N1CC[C@H](CN(C)C)C1. The summed E-state index contributed by atoms with van der Waals surface area (Å²) >= 11 is 0. The van der Waals surface area contributed by atoms with Crippen LogP contribution in [0.1, 0.15) is 24.9 Å². The third-order valence-electron chi connectivity index (χ3n) is 3.84. The van der Waals surface area contributed by atoms with Crippen LogP contribution in [0.4, 0.5) is 4.39 Å². The molecule has 0 saturated carbocycles. The minimum Gasteiger partial charge on any atom is -0.309 e. The van der Waals surface area contributed by atoms with Crippen LogP contribution in [0.15, 0.2) is 24.3 Å². The molecule has 18 heavy (non-hydrogen) atoms. The predicted octanol–water partition coefficient (Wildman–Crippen LogP) is 2.77. The quantitative estimate of drug-likeness (QED) is 0.811. The topological polar surface area (TPSA) is 6.48 Å². The summed E-state index contributed by atoms with van der Waals surface area (Å²) in [6.45, 7) is 5.67. The van der Waals surface area contributed by atoms with Crippen LogP contribution in [0, 0.1) is 11.7 Å². The van der Waals surface area contributed by atoms with Gasteiger partial charge >= 0.3 is 0 Å². The first kappa shape index (κ1) is 13.5. The molecule has 0 unspecified atom stereocenters. The van der Waals surface area contributed by atoms with Crippen LogP contribution in [0.5, 0.6) is 0 Å². The third kappa shape index (κ3) is 3.30. The maximum Gasteiger partial charge on any atom is 0.123 e. The first-order valence-corrected chi connectivity index (χ1v) is 6.70. The van der Waals surface area contributed by atoms with Crippen molar-refractivity contribution in [3.63, 3.8) is 0 Å². The molecule has 0 aromatic heterocycles. The summed E-state index contributed by atoms with van der Waals surface area (Å²) in [7, 11) is 4.26. The number of likely N-dealkylation sites (tertiary alicyclic amines) is 1. The van der Waals surface area contributed by atoms with E-state index in [1.165, 1.54) is 12.0 Å². The van der Waals surface area contributed by atoms with Crippen molar-refractivity contribution in [2.24, 2.45) is 5.92 Å². The Bertz CT molecular complexity index is 375. The van der Waals surface area contributed by atoms with Gasteiger partial charge in [-0.15, -0.1) is 0 Å². The molecule has 0 aliphatic carbocycles. The molecule has 1 heterocycles. The highest BCUT2D eigenvalue weighted by atomic mass is 19.1. The van der Waals surface area contributed by atoms with Gasteiger partial charge in [0.1, 0.15) is 5.82 Å². The van der Waals surface area contributed by atoms with Crippen LogP contribution < -0.4 is 0 Å². The lowest BCUT2D eigenvalue weighted by Gasteiger charge is -2.25. The molecule has 1 aromatic carbocycles. The maximum atomic E-state index is 12.9. The second kappa shape index (κ2) is 5.81. The maximum absolute atomic E-state index is 12.9. The smallest absolute Gasteiger partial charge is 0.123 e. The van der Waals surface area contributed by atoms with Gasteiger partial charge in [0.15, 0.2) is 0 Å². The Kier molecular flexibility index (Phi) is 4.36. The summed E-state index contributed by atoms with van der Waals surface area (Å²) < 4.78 is 12.9. The van der Waals surface area contributed by atoms with E-state index in [1.54, 1.807) is 12.1 Å². The van der Waals surface area contributed by atoms with Gasteiger partial charge < -0.3 is 4.90 Å². The molecule has 1 aliphatic heterocycles. The standard InChI is InChI=1S/C15H23FN2/c1-12(14-4-6-15(16)7-5-14)18-9-8-13(11-18)10-17(2)3/h4-7,12-13H,8-11H2,1-3H3/t12-,13-/m1/s1. The van der Waals surface area contributed by atoms with E-state index >= 15 is 0 Å². The van der Waals surface area contributed by atoms with E-state index in [-0.39, 0.29) is 5.82 Å². The van der Waals surface area contributed by atoms with Gasteiger partial charge in [-0.25, -0.2) is 4.39 Å². The molecule has 0 amide bonds. The molecule has 1 fully saturated rings. The molecule has 1 saturated heterocycles. The van der Waals surface area contributed by atoms with E-state index in [2.05, 4.69) is 30.8 Å². The lowest BCUT2D eigenvalue weighted by molar-refractivity contribution is 0.240. The van der Waals surface area contributed by atoms with Gasteiger partial charge in [-0.2, -0.15) is 0 Å². The van der Waals surface area contributed by atoms with Gasteiger partial charge in [0.05, 0.1) is 0 Å². The van der Waals surface area contributed by atoms with Crippen LogP contribution in [0.25, 0.3) is 0 Å². The van der Waals surface area contributed by atoms with Crippen molar-refractivity contribution in [3.8, 4) is 0 Å². The molecule has 0 bridgehead atoms. The van der Waals surface area contributed by atoms with E-state index in [9.17, 15) is 4.39 Å². The molecule has 100 valence electrons. The normalized spacial score (nSPS) is 22.6. The van der Waals surface area contributed by atoms with Gasteiger partial charge in [-0.05, 0) is 57.6 Å². The Labute approximate surface area is 109 Å². The molecular formula is C15H23FN2. The van der Waals surface area contributed by atoms with Crippen LogP contribution in [-0.2, 0) is 0 Å². The molecular weight excluding hydrogens is 227 g/mol. The summed E-state index contributed by atoms with van der Waals surface area (Å²) in [6, 6.07) is 7.30. The zero-order valence-electron chi connectivity index (χ0n) is 11.6. The Morgan fingerprint density at radius 1 is 1.33 bits per heavy atom. The average Bonchev–Trinajstić information content (AvgIpc) is 2.76. The van der Waals surface area contributed by atoms with Gasteiger partial charge in [-0.1, -0.05) is 12.1 Å². The first-order valence-electron chi connectivity index (χ1n) is 6.70. The molecule has 0 spiro atoms. The van der Waals surface area contributed by atoms with Gasteiger partial charge in [-0.3, -0.25) is 4.90 Å². The lowest BCUT2D eigenvalue weighted by Crippen LogP contribution is -2.27. The first-order chi connectivity index (χ1) is 8.56. The lowest BCUT2D eigenvalue weighted by atomic mass is 10.1. The number of rotatable bonds is 4. The zero-order valence-corrected chi connectivity index (χ0v) is 11.6. The summed E-state index contributed by atoms with van der Waals surface area (Å²) in [5.74, 6) is 0.612. The molecule has 0 radical (unpaired) electrons. The van der Waals surface area contributed by atoms with Crippen molar-refractivity contribution in [2.45, 2.75) is 19.4 Å². The molecule has 1 aliphatic rings. The van der Waals surface area contributed by atoms with Gasteiger partial charge in [0, 0.05) is 19.1 Å². The molecule has 2 nitrogen and oxygen atoms in total. The van der Waals surface area contributed by atoms with Gasteiger partial charge in [0.25, 0.3) is 0 Å². The zero-order chi connectivity index (χ0) is 13.1. The largest absolute Gasteiger partial charge is 0.309 e. The van der Waals surface area contributed by atoms with E-state index < -0.39 is 0 Å². The fourth-order valence-corrected chi connectivity index (χ4v) is 2.83. The molecule has 3 heteroatoms. The van der Waals surface area contributed by atoms with Crippen molar-refractivity contribution in [2.75, 3.05) is 33.7 Å². The highest BCUT2D eigenvalue weighted by Gasteiger charge is 2.26. The fraction of sp³-hybridized carbons (Fsp3) is 0.600. The van der Waals surface area contributed by atoms with Crippen molar-refractivity contribution in [3.05, 3.63) is 35.6 Å². The highest BCUT2D eigenvalue weighted by Crippen LogP contribution is 2.27. The van der Waals surface area contributed by atoms with Crippen LogP contribution in [0.3, 0.4) is 0 Å². The van der Waals surface area contributed by atoms with E-state index in [0.717, 1.165) is 25.6 Å². The van der Waals surface area contributed by atoms with Gasteiger partial charge in [0.2, 0.25) is 0 Å². The third-order valence-corrected chi connectivity index (χ3v) is 3.84. The number of hydrogen-bond donors (Lipinski definition) is 0. The molecule has 0 N–H and O–H groups in total. The minimum absolute atomic E-state index is 0.155. The van der Waals surface area contributed by atoms with E-state index in [4.69, 9.17) is 0 Å². The number of hydrogen-bond acceptors (Lipinski definition) is 2. The van der Waals surface area contributed by atoms with Crippen LogP contribution in [0.2, 0.25) is 0 Å². The monoisotopic (exact) mass is 250 g/mol. The molecule has 2 rings (SSSR count). The van der Waals surface area contributed by atoms with Crippen molar-refractivity contribution in [1.82, 2.24) is 9.80 Å². The molecule has 2 atom stereocenters. The summed E-state index contributed by atoms with van der Waals surface area (Å²) in [4.78, 5) is 4.76. The number of halogens is 1. The second-order valence-electron chi connectivity index (χ2n) is 5.64.